The van der Waals surface area contributed by atoms with Crippen molar-refractivity contribution in [3.63, 3.8) is 0 Å². The van der Waals surface area contributed by atoms with Crippen molar-refractivity contribution in [3.8, 4) is 17.1 Å². The van der Waals surface area contributed by atoms with Gasteiger partial charge in [0.2, 0.25) is 0 Å². The fourth-order valence-corrected chi connectivity index (χ4v) is 1.71. The van der Waals surface area contributed by atoms with Gasteiger partial charge in [-0.05, 0) is 18.1 Å². The number of rotatable bonds is 5. The highest BCUT2D eigenvalue weighted by molar-refractivity contribution is 5.83. The first-order valence-electron chi connectivity index (χ1n) is 6.11. The number of methoxy groups -OCH3 is 1. The van der Waals surface area contributed by atoms with Crippen LogP contribution in [0.3, 0.4) is 0 Å². The maximum absolute atomic E-state index is 5.35. The van der Waals surface area contributed by atoms with E-state index in [0.29, 0.717) is 5.92 Å². The summed E-state index contributed by atoms with van der Waals surface area (Å²) in [6.45, 7) is 5.11. The number of H-pyrrole nitrogens is 2. The average Bonchev–Trinajstić information content (AvgIpc) is 2.96. The second-order valence-corrected chi connectivity index (χ2v) is 4.64. The van der Waals surface area contributed by atoms with Crippen LogP contribution in [0.25, 0.3) is 11.4 Å². The Hall–Kier alpha value is -1.97. The van der Waals surface area contributed by atoms with Crippen LogP contribution in [0.15, 0.2) is 29.4 Å². The quantitative estimate of drug-likeness (QED) is 0.781. The molecule has 4 heteroatoms. The first-order chi connectivity index (χ1) is 8.70. The molecule has 2 rings (SSSR count). The Morgan fingerprint density at radius 3 is 2.83 bits per heavy atom. The van der Waals surface area contributed by atoms with Gasteiger partial charge in [-0.3, -0.25) is 4.99 Å². The number of hydrogen-bond acceptors (Lipinski definition) is 2. The van der Waals surface area contributed by atoms with E-state index < -0.39 is 0 Å². The third-order valence-electron chi connectivity index (χ3n) is 2.61. The maximum Gasteiger partial charge on any atom is 0.146 e. The minimum absolute atomic E-state index is 0.560. The van der Waals surface area contributed by atoms with Crippen LogP contribution >= 0.6 is 0 Å². The molecule has 0 aliphatic carbocycles. The van der Waals surface area contributed by atoms with E-state index in [-0.39, 0.29) is 0 Å². The summed E-state index contributed by atoms with van der Waals surface area (Å²) in [6, 6.07) is 5.96. The molecule has 0 radical (unpaired) electrons. The lowest BCUT2D eigenvalue weighted by atomic mass is 10.2. The van der Waals surface area contributed by atoms with Crippen LogP contribution in [-0.4, -0.2) is 29.8 Å². The summed E-state index contributed by atoms with van der Waals surface area (Å²) < 4.78 is 5.35. The van der Waals surface area contributed by atoms with Crippen molar-refractivity contribution in [2.45, 2.75) is 13.8 Å². The van der Waals surface area contributed by atoms with Crippen molar-refractivity contribution >= 4 is 6.21 Å². The normalized spacial score (nSPS) is 11.6. The first kappa shape index (κ1) is 12.5. The molecule has 0 saturated heterocycles. The van der Waals surface area contributed by atoms with Crippen LogP contribution in [0.4, 0.5) is 0 Å². The molecule has 0 aliphatic rings. The van der Waals surface area contributed by atoms with Gasteiger partial charge in [0.25, 0.3) is 0 Å². The molecule has 2 aromatic heterocycles. The zero-order valence-corrected chi connectivity index (χ0v) is 11.0. The zero-order valence-electron chi connectivity index (χ0n) is 11.0. The summed E-state index contributed by atoms with van der Waals surface area (Å²) in [7, 11) is 1.67. The van der Waals surface area contributed by atoms with Crippen LogP contribution in [0.2, 0.25) is 0 Å². The molecule has 18 heavy (non-hydrogen) atoms. The predicted octanol–water partition coefficient (Wildman–Crippen LogP) is 3.09. The van der Waals surface area contributed by atoms with Gasteiger partial charge in [-0.15, -0.1) is 0 Å². The van der Waals surface area contributed by atoms with Gasteiger partial charge in [-0.1, -0.05) is 13.8 Å². The highest BCUT2D eigenvalue weighted by atomic mass is 16.5. The molecule has 2 aromatic rings. The Bertz CT molecular complexity index is 509. The van der Waals surface area contributed by atoms with E-state index in [4.69, 9.17) is 4.74 Å². The Kier molecular flexibility index (Phi) is 3.87. The van der Waals surface area contributed by atoms with E-state index in [1.54, 1.807) is 7.11 Å². The van der Waals surface area contributed by atoms with Crippen molar-refractivity contribution < 1.29 is 4.74 Å². The van der Waals surface area contributed by atoms with Gasteiger partial charge in [0, 0.05) is 25.0 Å². The minimum Gasteiger partial charge on any atom is -0.494 e. The van der Waals surface area contributed by atoms with Gasteiger partial charge in [0.15, 0.2) is 0 Å². The lowest BCUT2D eigenvalue weighted by Crippen LogP contribution is -1.94. The van der Waals surface area contributed by atoms with Crippen LogP contribution in [0.5, 0.6) is 5.75 Å². The summed E-state index contributed by atoms with van der Waals surface area (Å²) in [4.78, 5) is 10.9. The van der Waals surface area contributed by atoms with Crippen molar-refractivity contribution in [1.29, 1.82) is 0 Å². The van der Waals surface area contributed by atoms with E-state index in [2.05, 4.69) is 28.8 Å². The molecule has 0 aliphatic heterocycles. The summed E-state index contributed by atoms with van der Waals surface area (Å²) in [6.07, 6.45) is 3.74. The third-order valence-corrected chi connectivity index (χ3v) is 2.61. The molecule has 96 valence electrons. The van der Waals surface area contributed by atoms with Crippen LogP contribution in [0, 0.1) is 5.92 Å². The Morgan fingerprint density at radius 1 is 1.39 bits per heavy atom. The van der Waals surface area contributed by atoms with Crippen LogP contribution in [-0.2, 0) is 0 Å². The van der Waals surface area contributed by atoms with Crippen molar-refractivity contribution in [3.05, 3.63) is 30.1 Å². The smallest absolute Gasteiger partial charge is 0.146 e. The van der Waals surface area contributed by atoms with Gasteiger partial charge in [0.1, 0.15) is 5.75 Å². The highest BCUT2D eigenvalue weighted by Gasteiger charge is 2.08. The molecule has 0 saturated carbocycles. The van der Waals surface area contributed by atoms with Crippen molar-refractivity contribution in [2.75, 3.05) is 13.7 Å². The molecule has 4 nitrogen and oxygen atoms in total. The number of aromatic nitrogens is 2. The van der Waals surface area contributed by atoms with Gasteiger partial charge in [0.05, 0.1) is 24.2 Å². The second kappa shape index (κ2) is 5.58. The summed E-state index contributed by atoms with van der Waals surface area (Å²) >= 11 is 0. The third kappa shape index (κ3) is 2.83. The summed E-state index contributed by atoms with van der Waals surface area (Å²) in [5.41, 5.74) is 2.95. The molecule has 0 unspecified atom stereocenters. The maximum atomic E-state index is 5.35. The Morgan fingerprint density at radius 2 is 2.22 bits per heavy atom. The van der Waals surface area contributed by atoms with Gasteiger partial charge < -0.3 is 14.7 Å². The standard InChI is InChI=1S/C14H19N3O/c1-10(2)8-15-9-13-14(18-3)7-12(17-13)11-5-4-6-16-11/h4-7,9-10,16-17H,8H2,1-3H3. The molecule has 0 fully saturated rings. The second-order valence-electron chi connectivity index (χ2n) is 4.64. The predicted molar refractivity (Wildman–Crippen MR) is 74.4 cm³/mol. The topological polar surface area (TPSA) is 53.2 Å². The number of nitrogens with one attached hydrogen (secondary N) is 2. The Balaban J connectivity index is 2.22. The van der Waals surface area contributed by atoms with E-state index in [1.165, 1.54) is 0 Å². The summed E-state index contributed by atoms with van der Waals surface area (Å²) in [5, 5.41) is 0. The molecule has 2 heterocycles. The molecule has 0 aromatic carbocycles. The number of hydrogen-bond donors (Lipinski definition) is 2. The Labute approximate surface area is 107 Å². The zero-order chi connectivity index (χ0) is 13.0. The SMILES string of the molecule is COc1cc(-c2ccc[nH]2)[nH]c1C=NCC(C)C. The van der Waals surface area contributed by atoms with Gasteiger partial charge >= 0.3 is 0 Å². The van der Waals surface area contributed by atoms with E-state index in [9.17, 15) is 0 Å². The van der Waals surface area contributed by atoms with Gasteiger partial charge in [-0.25, -0.2) is 0 Å². The lowest BCUT2D eigenvalue weighted by molar-refractivity contribution is 0.415. The van der Waals surface area contributed by atoms with Gasteiger partial charge in [-0.2, -0.15) is 0 Å². The molecule has 0 amide bonds. The molecule has 0 bridgehead atoms. The van der Waals surface area contributed by atoms with E-state index in [1.807, 2.05) is 30.6 Å². The van der Waals surface area contributed by atoms with E-state index >= 15 is 0 Å². The monoisotopic (exact) mass is 245 g/mol. The highest BCUT2D eigenvalue weighted by Crippen LogP contribution is 2.24. The summed E-state index contributed by atoms with van der Waals surface area (Å²) in [5.74, 6) is 1.37. The van der Waals surface area contributed by atoms with Crippen LogP contribution in [0.1, 0.15) is 19.5 Å². The average molecular weight is 245 g/mol. The fraction of sp³-hybridized carbons (Fsp3) is 0.357. The lowest BCUT2D eigenvalue weighted by Gasteiger charge is -1.98. The molecule has 0 atom stereocenters. The minimum atomic E-state index is 0.560. The molecular formula is C14H19N3O. The molecule has 0 spiro atoms. The number of ether oxygens (including phenoxy) is 1. The van der Waals surface area contributed by atoms with Crippen LogP contribution < -0.4 is 4.74 Å². The van der Waals surface area contributed by atoms with Crippen molar-refractivity contribution in [1.82, 2.24) is 9.97 Å². The molecule has 2 N–H and O–H groups in total. The number of aliphatic imine (C=N–C) groups is 1. The number of nitrogens with zero attached hydrogens (tertiary/aromatic N) is 1. The van der Waals surface area contributed by atoms with E-state index in [0.717, 1.165) is 29.4 Å². The fourth-order valence-electron chi connectivity index (χ4n) is 1.71. The number of aromatic amines is 2. The largest absolute Gasteiger partial charge is 0.494 e. The van der Waals surface area contributed by atoms with Crippen molar-refractivity contribution in [2.24, 2.45) is 10.9 Å². The first-order valence-corrected chi connectivity index (χ1v) is 6.11. The molecular weight excluding hydrogens is 226 g/mol.